The van der Waals surface area contributed by atoms with Crippen molar-refractivity contribution >= 4 is 5.69 Å². The van der Waals surface area contributed by atoms with Gasteiger partial charge in [0.25, 0.3) is 0 Å². The smallest absolute Gasteiger partial charge is 0.0375 e. The molecule has 0 aliphatic rings. The third-order valence-corrected chi connectivity index (χ3v) is 1.93. The first kappa shape index (κ1) is 9.99. The van der Waals surface area contributed by atoms with Crippen LogP contribution in [0.5, 0.6) is 0 Å². The Morgan fingerprint density at radius 1 is 1.38 bits per heavy atom. The van der Waals surface area contributed by atoms with E-state index in [2.05, 4.69) is 24.1 Å². The summed E-state index contributed by atoms with van der Waals surface area (Å²) < 4.78 is 0. The molecule has 0 atom stereocenters. The van der Waals surface area contributed by atoms with Gasteiger partial charge in [-0.25, -0.2) is 0 Å². The predicted octanol–water partition coefficient (Wildman–Crippen LogP) is 1.62. The molecular weight excluding hydrogens is 162 g/mol. The molecule has 1 rings (SSSR count). The first-order chi connectivity index (χ1) is 6.14. The van der Waals surface area contributed by atoms with Gasteiger partial charge in [-0.05, 0) is 38.9 Å². The molecule has 3 heteroatoms. The van der Waals surface area contributed by atoms with Crippen molar-refractivity contribution in [3.05, 3.63) is 24.5 Å². The first-order valence-electron chi connectivity index (χ1n) is 4.52. The Balaban J connectivity index is 2.58. The van der Waals surface area contributed by atoms with E-state index < -0.39 is 0 Å². The second kappa shape index (κ2) is 4.23. The van der Waals surface area contributed by atoms with Crippen molar-refractivity contribution in [2.75, 3.05) is 11.9 Å². The number of nitrogens with one attached hydrogen (secondary N) is 1. The second-order valence-corrected chi connectivity index (χ2v) is 3.78. The van der Waals surface area contributed by atoms with Crippen LogP contribution >= 0.6 is 0 Å². The number of aromatic nitrogens is 1. The zero-order valence-corrected chi connectivity index (χ0v) is 8.25. The van der Waals surface area contributed by atoms with E-state index in [1.807, 2.05) is 12.1 Å². The van der Waals surface area contributed by atoms with Crippen LogP contribution in [-0.4, -0.2) is 17.1 Å². The van der Waals surface area contributed by atoms with Crippen LogP contribution in [0.25, 0.3) is 0 Å². The fourth-order valence-electron chi connectivity index (χ4n) is 1.25. The molecule has 0 fully saturated rings. The average Bonchev–Trinajstić information content (AvgIpc) is 2.04. The van der Waals surface area contributed by atoms with Crippen molar-refractivity contribution in [1.29, 1.82) is 0 Å². The quantitative estimate of drug-likeness (QED) is 0.738. The highest BCUT2D eigenvalue weighted by molar-refractivity contribution is 5.43. The molecule has 3 N–H and O–H groups in total. The lowest BCUT2D eigenvalue weighted by Crippen LogP contribution is -2.33. The monoisotopic (exact) mass is 179 g/mol. The molecule has 0 bridgehead atoms. The number of hydrogen-bond donors (Lipinski definition) is 2. The van der Waals surface area contributed by atoms with Gasteiger partial charge in [0.05, 0.1) is 0 Å². The predicted molar refractivity (Wildman–Crippen MR) is 55.6 cm³/mol. The van der Waals surface area contributed by atoms with Gasteiger partial charge in [-0.15, -0.1) is 0 Å². The molecule has 1 aromatic rings. The average molecular weight is 179 g/mol. The molecule has 0 aromatic carbocycles. The van der Waals surface area contributed by atoms with Crippen molar-refractivity contribution in [1.82, 2.24) is 4.98 Å². The van der Waals surface area contributed by atoms with Crippen LogP contribution in [0.2, 0.25) is 0 Å². The molecule has 0 radical (unpaired) electrons. The Morgan fingerprint density at radius 3 is 2.54 bits per heavy atom. The summed E-state index contributed by atoms with van der Waals surface area (Å²) in [6.07, 6.45) is 4.51. The van der Waals surface area contributed by atoms with Crippen molar-refractivity contribution in [3.8, 4) is 0 Å². The normalized spacial score (nSPS) is 11.3. The van der Waals surface area contributed by atoms with Gasteiger partial charge in [-0.2, -0.15) is 0 Å². The van der Waals surface area contributed by atoms with Crippen LogP contribution < -0.4 is 11.1 Å². The molecule has 1 heterocycles. The summed E-state index contributed by atoms with van der Waals surface area (Å²) in [7, 11) is 0. The highest BCUT2D eigenvalue weighted by Crippen LogP contribution is 2.16. The second-order valence-electron chi connectivity index (χ2n) is 3.78. The molecule has 3 nitrogen and oxygen atoms in total. The lowest BCUT2D eigenvalue weighted by atomic mass is 10.0. The standard InChI is InChI=1S/C10H17N3/c1-10(2,5-6-11)13-9-3-7-12-8-4-9/h3-4,7-8H,5-6,11H2,1-2H3,(H,12,13). The molecule has 0 spiro atoms. The lowest BCUT2D eigenvalue weighted by Gasteiger charge is -2.26. The zero-order chi connectivity index (χ0) is 9.73. The molecule has 0 saturated heterocycles. The summed E-state index contributed by atoms with van der Waals surface area (Å²) in [5, 5.41) is 3.40. The molecule has 0 unspecified atom stereocenters. The Hall–Kier alpha value is -1.09. The zero-order valence-electron chi connectivity index (χ0n) is 8.25. The van der Waals surface area contributed by atoms with E-state index in [0.717, 1.165) is 12.1 Å². The van der Waals surface area contributed by atoms with Crippen molar-refractivity contribution in [2.24, 2.45) is 5.73 Å². The van der Waals surface area contributed by atoms with Gasteiger partial charge in [0.1, 0.15) is 0 Å². The first-order valence-corrected chi connectivity index (χ1v) is 4.52. The summed E-state index contributed by atoms with van der Waals surface area (Å²) in [6.45, 7) is 4.98. The summed E-state index contributed by atoms with van der Waals surface area (Å²) in [5.74, 6) is 0. The Kier molecular flexibility index (Phi) is 3.25. The summed E-state index contributed by atoms with van der Waals surface area (Å²) in [6, 6.07) is 3.91. The largest absolute Gasteiger partial charge is 0.380 e. The summed E-state index contributed by atoms with van der Waals surface area (Å²) >= 11 is 0. The van der Waals surface area contributed by atoms with Gasteiger partial charge in [0.15, 0.2) is 0 Å². The van der Waals surface area contributed by atoms with Crippen molar-refractivity contribution < 1.29 is 0 Å². The van der Waals surface area contributed by atoms with E-state index in [0.29, 0.717) is 6.54 Å². The van der Waals surface area contributed by atoms with Crippen LogP contribution in [0, 0.1) is 0 Å². The Morgan fingerprint density at radius 2 is 2.00 bits per heavy atom. The number of nitrogens with two attached hydrogens (primary N) is 1. The number of anilines is 1. The molecular formula is C10H17N3. The Labute approximate surface area is 79.4 Å². The molecule has 0 aliphatic carbocycles. The fraction of sp³-hybridized carbons (Fsp3) is 0.500. The van der Waals surface area contributed by atoms with Crippen LogP contribution in [0.4, 0.5) is 5.69 Å². The maximum Gasteiger partial charge on any atom is 0.0375 e. The van der Waals surface area contributed by atoms with Crippen LogP contribution in [0.1, 0.15) is 20.3 Å². The van der Waals surface area contributed by atoms with E-state index in [-0.39, 0.29) is 5.54 Å². The van der Waals surface area contributed by atoms with Crippen LogP contribution in [-0.2, 0) is 0 Å². The van der Waals surface area contributed by atoms with E-state index in [9.17, 15) is 0 Å². The molecule has 13 heavy (non-hydrogen) atoms. The van der Waals surface area contributed by atoms with Crippen LogP contribution in [0.3, 0.4) is 0 Å². The van der Waals surface area contributed by atoms with E-state index in [4.69, 9.17) is 5.73 Å². The SMILES string of the molecule is CC(C)(CCN)Nc1ccncc1. The molecule has 72 valence electrons. The maximum absolute atomic E-state index is 5.52. The summed E-state index contributed by atoms with van der Waals surface area (Å²) in [4.78, 5) is 3.96. The Bertz CT molecular complexity index is 244. The van der Waals surface area contributed by atoms with E-state index in [1.165, 1.54) is 0 Å². The highest BCUT2D eigenvalue weighted by atomic mass is 15.0. The molecule has 0 aliphatic heterocycles. The minimum absolute atomic E-state index is 0.0517. The number of nitrogens with zero attached hydrogens (tertiary/aromatic N) is 1. The third-order valence-electron chi connectivity index (χ3n) is 1.93. The van der Waals surface area contributed by atoms with Crippen LogP contribution in [0.15, 0.2) is 24.5 Å². The summed E-state index contributed by atoms with van der Waals surface area (Å²) in [5.41, 5.74) is 6.66. The van der Waals surface area contributed by atoms with Gasteiger partial charge in [0, 0.05) is 23.6 Å². The van der Waals surface area contributed by atoms with Gasteiger partial charge in [-0.3, -0.25) is 4.98 Å². The van der Waals surface area contributed by atoms with Gasteiger partial charge < -0.3 is 11.1 Å². The number of hydrogen-bond acceptors (Lipinski definition) is 3. The maximum atomic E-state index is 5.52. The molecule has 0 saturated carbocycles. The van der Waals surface area contributed by atoms with Crippen molar-refractivity contribution in [3.63, 3.8) is 0 Å². The fourth-order valence-corrected chi connectivity index (χ4v) is 1.25. The highest BCUT2D eigenvalue weighted by Gasteiger charge is 2.15. The van der Waals surface area contributed by atoms with E-state index in [1.54, 1.807) is 12.4 Å². The minimum Gasteiger partial charge on any atom is -0.380 e. The van der Waals surface area contributed by atoms with Gasteiger partial charge in [0.2, 0.25) is 0 Å². The molecule has 0 amide bonds. The number of pyridine rings is 1. The van der Waals surface area contributed by atoms with Gasteiger partial charge in [-0.1, -0.05) is 0 Å². The molecule has 1 aromatic heterocycles. The van der Waals surface area contributed by atoms with Gasteiger partial charge >= 0.3 is 0 Å². The third kappa shape index (κ3) is 3.42. The minimum atomic E-state index is 0.0517. The lowest BCUT2D eigenvalue weighted by molar-refractivity contribution is 0.526. The number of rotatable bonds is 4. The van der Waals surface area contributed by atoms with Crippen molar-refractivity contribution in [2.45, 2.75) is 25.8 Å². The topological polar surface area (TPSA) is 50.9 Å². The van der Waals surface area contributed by atoms with E-state index >= 15 is 0 Å².